The van der Waals surface area contributed by atoms with E-state index in [0.717, 1.165) is 25.2 Å². The smallest absolute Gasteiger partial charge is 0.237 e. The Kier molecular flexibility index (Phi) is 5.56. The van der Waals surface area contributed by atoms with Gasteiger partial charge in [-0.25, -0.2) is 0 Å². The summed E-state index contributed by atoms with van der Waals surface area (Å²) >= 11 is 0. The van der Waals surface area contributed by atoms with Crippen molar-refractivity contribution >= 4 is 5.91 Å². The van der Waals surface area contributed by atoms with Crippen molar-refractivity contribution in [3.63, 3.8) is 0 Å². The van der Waals surface area contributed by atoms with Gasteiger partial charge in [0.2, 0.25) is 5.91 Å². The number of hydrogen-bond acceptors (Lipinski definition) is 3. The van der Waals surface area contributed by atoms with Gasteiger partial charge < -0.3 is 16.0 Å². The maximum absolute atomic E-state index is 12.1. The lowest BCUT2D eigenvalue weighted by Gasteiger charge is -2.22. The number of amides is 1. The van der Waals surface area contributed by atoms with Crippen molar-refractivity contribution in [2.75, 3.05) is 19.6 Å². The highest BCUT2D eigenvalue weighted by atomic mass is 16.2. The SMILES string of the molecule is CC(CN1CCCC1)NC(=O)C(N)Cc1ccccc1. The Morgan fingerprint density at radius 3 is 2.60 bits per heavy atom. The number of nitrogens with zero attached hydrogens (tertiary/aromatic N) is 1. The molecule has 0 aliphatic carbocycles. The van der Waals surface area contributed by atoms with Crippen LogP contribution in [0.5, 0.6) is 0 Å². The summed E-state index contributed by atoms with van der Waals surface area (Å²) in [6.45, 7) is 5.27. The molecule has 0 spiro atoms. The lowest BCUT2D eigenvalue weighted by atomic mass is 10.1. The fraction of sp³-hybridized carbons (Fsp3) is 0.562. The highest BCUT2D eigenvalue weighted by Crippen LogP contribution is 2.07. The van der Waals surface area contributed by atoms with E-state index >= 15 is 0 Å². The molecule has 0 radical (unpaired) electrons. The second kappa shape index (κ2) is 7.41. The maximum atomic E-state index is 12.1. The second-order valence-corrected chi connectivity index (χ2v) is 5.71. The van der Waals surface area contributed by atoms with E-state index in [1.165, 1.54) is 12.8 Å². The molecule has 2 atom stereocenters. The van der Waals surface area contributed by atoms with E-state index in [1.54, 1.807) is 0 Å². The average molecular weight is 275 g/mol. The van der Waals surface area contributed by atoms with Gasteiger partial charge in [-0.1, -0.05) is 30.3 Å². The van der Waals surface area contributed by atoms with E-state index in [-0.39, 0.29) is 11.9 Å². The van der Waals surface area contributed by atoms with Gasteiger partial charge in [0.15, 0.2) is 0 Å². The third kappa shape index (κ3) is 4.62. The van der Waals surface area contributed by atoms with Crippen LogP contribution in [0.4, 0.5) is 0 Å². The summed E-state index contributed by atoms with van der Waals surface area (Å²) in [5.41, 5.74) is 7.08. The minimum absolute atomic E-state index is 0.0550. The van der Waals surface area contributed by atoms with Crippen LogP contribution in [-0.4, -0.2) is 42.5 Å². The molecule has 2 rings (SSSR count). The van der Waals surface area contributed by atoms with Crippen molar-refractivity contribution < 1.29 is 4.79 Å². The molecule has 110 valence electrons. The van der Waals surface area contributed by atoms with E-state index in [9.17, 15) is 4.79 Å². The summed E-state index contributed by atoms with van der Waals surface area (Å²) in [5.74, 6) is -0.0550. The molecular formula is C16H25N3O. The molecule has 0 saturated carbocycles. The molecule has 1 amide bonds. The fourth-order valence-corrected chi connectivity index (χ4v) is 2.71. The Hall–Kier alpha value is -1.39. The summed E-state index contributed by atoms with van der Waals surface area (Å²) in [7, 11) is 0. The summed E-state index contributed by atoms with van der Waals surface area (Å²) < 4.78 is 0. The van der Waals surface area contributed by atoms with Gasteiger partial charge in [-0.05, 0) is 44.8 Å². The van der Waals surface area contributed by atoms with Crippen molar-refractivity contribution in [2.45, 2.75) is 38.3 Å². The van der Waals surface area contributed by atoms with Crippen LogP contribution >= 0.6 is 0 Å². The molecule has 20 heavy (non-hydrogen) atoms. The molecule has 1 fully saturated rings. The van der Waals surface area contributed by atoms with Crippen LogP contribution in [0, 0.1) is 0 Å². The Labute approximate surface area is 121 Å². The fourth-order valence-electron chi connectivity index (χ4n) is 2.71. The van der Waals surface area contributed by atoms with E-state index in [1.807, 2.05) is 37.3 Å². The van der Waals surface area contributed by atoms with Gasteiger partial charge >= 0.3 is 0 Å². The van der Waals surface area contributed by atoms with Crippen LogP contribution in [0.15, 0.2) is 30.3 Å². The zero-order chi connectivity index (χ0) is 14.4. The van der Waals surface area contributed by atoms with E-state index in [0.29, 0.717) is 6.42 Å². The lowest BCUT2D eigenvalue weighted by Crippen LogP contribution is -2.48. The van der Waals surface area contributed by atoms with Gasteiger partial charge in [-0.2, -0.15) is 0 Å². The van der Waals surface area contributed by atoms with Gasteiger partial charge in [0.1, 0.15) is 0 Å². The molecule has 1 aliphatic rings. The number of carbonyl (C=O) groups excluding carboxylic acids is 1. The highest BCUT2D eigenvalue weighted by Gasteiger charge is 2.19. The Balaban J connectivity index is 1.75. The van der Waals surface area contributed by atoms with Crippen LogP contribution in [0.25, 0.3) is 0 Å². The maximum Gasteiger partial charge on any atom is 0.237 e. The second-order valence-electron chi connectivity index (χ2n) is 5.71. The first-order valence-corrected chi connectivity index (χ1v) is 7.47. The van der Waals surface area contributed by atoms with Gasteiger partial charge in [-0.3, -0.25) is 4.79 Å². The summed E-state index contributed by atoms with van der Waals surface area (Å²) in [4.78, 5) is 14.5. The first-order chi connectivity index (χ1) is 9.65. The highest BCUT2D eigenvalue weighted by molar-refractivity contribution is 5.82. The number of nitrogens with one attached hydrogen (secondary N) is 1. The number of nitrogens with two attached hydrogens (primary N) is 1. The van der Waals surface area contributed by atoms with E-state index < -0.39 is 6.04 Å². The predicted octanol–water partition coefficient (Wildman–Crippen LogP) is 1.16. The molecule has 1 aromatic rings. The van der Waals surface area contributed by atoms with Crippen molar-refractivity contribution in [1.82, 2.24) is 10.2 Å². The average Bonchev–Trinajstić information content (AvgIpc) is 2.92. The van der Waals surface area contributed by atoms with E-state index in [4.69, 9.17) is 5.73 Å². The molecule has 0 aromatic heterocycles. The van der Waals surface area contributed by atoms with E-state index in [2.05, 4.69) is 10.2 Å². The molecule has 4 heteroatoms. The summed E-state index contributed by atoms with van der Waals surface area (Å²) in [6.07, 6.45) is 3.13. The number of rotatable bonds is 6. The van der Waals surface area contributed by atoms with Crippen LogP contribution in [0.3, 0.4) is 0 Å². The molecule has 1 saturated heterocycles. The Morgan fingerprint density at radius 2 is 1.95 bits per heavy atom. The topological polar surface area (TPSA) is 58.4 Å². The molecule has 0 bridgehead atoms. The van der Waals surface area contributed by atoms with Crippen molar-refractivity contribution in [3.05, 3.63) is 35.9 Å². The molecule has 1 heterocycles. The summed E-state index contributed by atoms with van der Waals surface area (Å²) in [5, 5.41) is 3.02. The van der Waals surface area contributed by atoms with Crippen LogP contribution < -0.4 is 11.1 Å². The van der Waals surface area contributed by atoms with Crippen molar-refractivity contribution in [1.29, 1.82) is 0 Å². The molecule has 3 N–H and O–H groups in total. The Bertz CT molecular complexity index is 415. The normalized spacial score (nSPS) is 18.7. The quantitative estimate of drug-likeness (QED) is 0.819. The minimum atomic E-state index is -0.474. The van der Waals surface area contributed by atoms with Crippen LogP contribution in [0.2, 0.25) is 0 Å². The van der Waals surface area contributed by atoms with Crippen LogP contribution in [0.1, 0.15) is 25.3 Å². The standard InChI is InChI=1S/C16H25N3O/c1-13(12-19-9-5-6-10-19)18-16(20)15(17)11-14-7-3-2-4-8-14/h2-4,7-8,13,15H,5-6,9-12,17H2,1H3,(H,18,20). The molecule has 1 aliphatic heterocycles. The van der Waals surface area contributed by atoms with Crippen molar-refractivity contribution in [2.24, 2.45) is 5.73 Å². The van der Waals surface area contributed by atoms with Gasteiger partial charge in [0, 0.05) is 12.6 Å². The predicted molar refractivity (Wildman–Crippen MR) is 81.4 cm³/mol. The number of carbonyl (C=O) groups is 1. The lowest BCUT2D eigenvalue weighted by molar-refractivity contribution is -0.123. The van der Waals surface area contributed by atoms with Gasteiger partial charge in [0.25, 0.3) is 0 Å². The zero-order valence-electron chi connectivity index (χ0n) is 12.2. The van der Waals surface area contributed by atoms with Crippen molar-refractivity contribution in [3.8, 4) is 0 Å². The van der Waals surface area contributed by atoms with Gasteiger partial charge in [0.05, 0.1) is 6.04 Å². The van der Waals surface area contributed by atoms with Gasteiger partial charge in [-0.15, -0.1) is 0 Å². The number of likely N-dealkylation sites (tertiary alicyclic amines) is 1. The zero-order valence-corrected chi connectivity index (χ0v) is 12.2. The first kappa shape index (κ1) is 15.0. The Morgan fingerprint density at radius 1 is 1.30 bits per heavy atom. The minimum Gasteiger partial charge on any atom is -0.351 e. The molecule has 1 aromatic carbocycles. The summed E-state index contributed by atoms with van der Waals surface area (Å²) in [6, 6.07) is 9.58. The third-order valence-electron chi connectivity index (χ3n) is 3.75. The first-order valence-electron chi connectivity index (χ1n) is 7.47. The number of hydrogen-bond donors (Lipinski definition) is 2. The molecule has 2 unspecified atom stereocenters. The molecule has 4 nitrogen and oxygen atoms in total. The third-order valence-corrected chi connectivity index (χ3v) is 3.75. The monoisotopic (exact) mass is 275 g/mol. The van der Waals surface area contributed by atoms with Crippen LogP contribution in [-0.2, 0) is 11.2 Å². The largest absolute Gasteiger partial charge is 0.351 e. The molecular weight excluding hydrogens is 250 g/mol. The number of benzene rings is 1.